The molecule has 0 N–H and O–H groups in total. The first kappa shape index (κ1) is 18.0. The summed E-state index contributed by atoms with van der Waals surface area (Å²) in [5.41, 5.74) is 1.64. The van der Waals surface area contributed by atoms with Crippen LogP contribution in [0.1, 0.15) is 35.7 Å². The van der Waals surface area contributed by atoms with E-state index in [-0.39, 0.29) is 17.8 Å². The molecule has 0 spiro atoms. The molecule has 0 fully saturated rings. The van der Waals surface area contributed by atoms with Crippen molar-refractivity contribution in [3.8, 4) is 0 Å². The molecule has 0 aromatic heterocycles. The molecule has 26 heavy (non-hydrogen) atoms. The highest BCUT2D eigenvalue weighted by atomic mass is 19.1. The van der Waals surface area contributed by atoms with Gasteiger partial charge >= 0.3 is 0 Å². The molecule has 0 saturated carbocycles. The maximum absolute atomic E-state index is 13.4. The topological polar surface area (TPSA) is 41.9 Å². The van der Waals surface area contributed by atoms with Crippen LogP contribution in [0.25, 0.3) is 0 Å². The van der Waals surface area contributed by atoms with Crippen LogP contribution in [0.2, 0.25) is 0 Å². The highest BCUT2D eigenvalue weighted by molar-refractivity contribution is 6.01. The molecule has 0 saturated heterocycles. The SMILES string of the molecule is CCCN(C[C@@H]1CC(c2cccc(F)c2)=NO1)C(=O)c1cccc(F)c1. The average Bonchev–Trinajstić information content (AvgIpc) is 3.09. The zero-order chi connectivity index (χ0) is 18.5. The lowest BCUT2D eigenvalue weighted by atomic mass is 10.0. The molecule has 3 rings (SSSR count). The summed E-state index contributed by atoms with van der Waals surface area (Å²) in [6, 6.07) is 11.8. The van der Waals surface area contributed by atoms with Crippen LogP contribution in [-0.4, -0.2) is 35.7 Å². The van der Waals surface area contributed by atoms with Crippen molar-refractivity contribution in [2.75, 3.05) is 13.1 Å². The van der Waals surface area contributed by atoms with Gasteiger partial charge in [-0.3, -0.25) is 4.79 Å². The highest BCUT2D eigenvalue weighted by Gasteiger charge is 2.27. The van der Waals surface area contributed by atoms with Crippen molar-refractivity contribution < 1.29 is 18.4 Å². The van der Waals surface area contributed by atoms with E-state index in [1.165, 1.54) is 30.3 Å². The Kier molecular flexibility index (Phi) is 5.61. The summed E-state index contributed by atoms with van der Waals surface area (Å²) in [7, 11) is 0. The smallest absolute Gasteiger partial charge is 0.254 e. The van der Waals surface area contributed by atoms with Crippen LogP contribution in [-0.2, 0) is 4.84 Å². The van der Waals surface area contributed by atoms with Gasteiger partial charge in [0.2, 0.25) is 0 Å². The number of hydrogen-bond acceptors (Lipinski definition) is 3. The Labute approximate surface area is 151 Å². The van der Waals surface area contributed by atoms with E-state index in [9.17, 15) is 13.6 Å². The molecular formula is C20H20F2N2O2. The number of hydrogen-bond donors (Lipinski definition) is 0. The fourth-order valence-corrected chi connectivity index (χ4v) is 2.96. The summed E-state index contributed by atoms with van der Waals surface area (Å²) >= 11 is 0. The third-order valence-corrected chi connectivity index (χ3v) is 4.17. The van der Waals surface area contributed by atoms with E-state index in [2.05, 4.69) is 5.16 Å². The minimum Gasteiger partial charge on any atom is -0.390 e. The quantitative estimate of drug-likeness (QED) is 0.783. The molecule has 1 amide bonds. The van der Waals surface area contributed by atoms with Gasteiger partial charge in [-0.1, -0.05) is 30.3 Å². The monoisotopic (exact) mass is 358 g/mol. The summed E-state index contributed by atoms with van der Waals surface area (Å²) in [5.74, 6) is -1.02. The Morgan fingerprint density at radius 1 is 1.19 bits per heavy atom. The minimum atomic E-state index is -0.443. The first-order chi connectivity index (χ1) is 12.6. The Balaban J connectivity index is 1.67. The normalized spacial score (nSPS) is 16.1. The van der Waals surface area contributed by atoms with E-state index < -0.39 is 5.82 Å². The summed E-state index contributed by atoms with van der Waals surface area (Å²) in [6.07, 6.45) is 0.947. The second kappa shape index (κ2) is 8.08. The first-order valence-electron chi connectivity index (χ1n) is 8.60. The van der Waals surface area contributed by atoms with Gasteiger partial charge in [0.15, 0.2) is 6.10 Å². The van der Waals surface area contributed by atoms with Crippen LogP contribution in [0.3, 0.4) is 0 Å². The largest absolute Gasteiger partial charge is 0.390 e. The Morgan fingerprint density at radius 3 is 2.62 bits per heavy atom. The van der Waals surface area contributed by atoms with Crippen molar-refractivity contribution in [3.05, 3.63) is 71.3 Å². The van der Waals surface area contributed by atoms with Crippen LogP contribution in [0, 0.1) is 11.6 Å². The fourth-order valence-electron chi connectivity index (χ4n) is 2.96. The molecule has 1 heterocycles. The van der Waals surface area contributed by atoms with Crippen molar-refractivity contribution in [3.63, 3.8) is 0 Å². The number of oxime groups is 1. The van der Waals surface area contributed by atoms with Gasteiger partial charge in [-0.15, -0.1) is 0 Å². The molecule has 136 valence electrons. The van der Waals surface area contributed by atoms with Gasteiger partial charge < -0.3 is 9.74 Å². The number of amides is 1. The Morgan fingerprint density at radius 2 is 1.92 bits per heavy atom. The number of carbonyl (C=O) groups excluding carboxylic acids is 1. The van der Waals surface area contributed by atoms with Crippen molar-refractivity contribution in [1.29, 1.82) is 0 Å². The molecule has 2 aromatic carbocycles. The van der Waals surface area contributed by atoms with Crippen molar-refractivity contribution in [1.82, 2.24) is 4.90 Å². The molecule has 1 atom stereocenters. The lowest BCUT2D eigenvalue weighted by molar-refractivity contribution is 0.0423. The zero-order valence-electron chi connectivity index (χ0n) is 14.5. The van der Waals surface area contributed by atoms with Crippen molar-refractivity contribution >= 4 is 11.6 Å². The molecule has 1 aliphatic rings. The second-order valence-electron chi connectivity index (χ2n) is 6.24. The van der Waals surface area contributed by atoms with Gasteiger partial charge in [0, 0.05) is 24.1 Å². The van der Waals surface area contributed by atoms with Crippen molar-refractivity contribution in [2.24, 2.45) is 5.16 Å². The number of benzene rings is 2. The third kappa shape index (κ3) is 4.25. The van der Waals surface area contributed by atoms with Crippen LogP contribution < -0.4 is 0 Å². The summed E-state index contributed by atoms with van der Waals surface area (Å²) < 4.78 is 26.8. The molecule has 0 radical (unpaired) electrons. The van der Waals surface area contributed by atoms with E-state index in [0.29, 0.717) is 36.3 Å². The molecule has 0 aliphatic carbocycles. The van der Waals surface area contributed by atoms with E-state index in [4.69, 9.17) is 4.84 Å². The van der Waals surface area contributed by atoms with Gasteiger partial charge in [-0.05, 0) is 36.8 Å². The minimum absolute atomic E-state index is 0.242. The summed E-state index contributed by atoms with van der Waals surface area (Å²) in [6.45, 7) is 2.84. The van der Waals surface area contributed by atoms with E-state index >= 15 is 0 Å². The Bertz CT molecular complexity index is 823. The van der Waals surface area contributed by atoms with E-state index in [0.717, 1.165) is 6.42 Å². The maximum atomic E-state index is 13.4. The first-order valence-corrected chi connectivity index (χ1v) is 8.60. The van der Waals surface area contributed by atoms with E-state index in [1.54, 1.807) is 23.1 Å². The van der Waals surface area contributed by atoms with Crippen LogP contribution in [0.4, 0.5) is 8.78 Å². The lowest BCUT2D eigenvalue weighted by Gasteiger charge is -2.24. The molecule has 4 nitrogen and oxygen atoms in total. The summed E-state index contributed by atoms with van der Waals surface area (Å²) in [5, 5.41) is 4.04. The van der Waals surface area contributed by atoms with Crippen LogP contribution in [0.15, 0.2) is 53.7 Å². The zero-order valence-corrected chi connectivity index (χ0v) is 14.5. The molecule has 2 aromatic rings. The fraction of sp³-hybridized carbons (Fsp3) is 0.300. The number of nitrogens with zero attached hydrogens (tertiary/aromatic N) is 2. The van der Waals surface area contributed by atoms with Crippen molar-refractivity contribution in [2.45, 2.75) is 25.9 Å². The molecule has 0 unspecified atom stereocenters. The molecular weight excluding hydrogens is 338 g/mol. The predicted octanol–water partition coefficient (Wildman–Crippen LogP) is 4.01. The average molecular weight is 358 g/mol. The molecule has 0 bridgehead atoms. The highest BCUT2D eigenvalue weighted by Crippen LogP contribution is 2.19. The number of carbonyl (C=O) groups is 1. The van der Waals surface area contributed by atoms with Crippen LogP contribution >= 0.6 is 0 Å². The standard InChI is InChI=1S/C20H20F2N2O2/c1-2-9-24(20(25)15-6-4-8-17(22)11-15)13-18-12-19(23-26-18)14-5-3-7-16(21)10-14/h3-8,10-11,18H,2,9,12-13H2,1H3/t18-/m0/s1. The van der Waals surface area contributed by atoms with Gasteiger partial charge in [0.25, 0.3) is 5.91 Å². The number of rotatable bonds is 6. The third-order valence-electron chi connectivity index (χ3n) is 4.17. The lowest BCUT2D eigenvalue weighted by Crippen LogP contribution is -2.38. The van der Waals surface area contributed by atoms with Gasteiger partial charge in [0.1, 0.15) is 11.6 Å². The molecule has 6 heteroatoms. The van der Waals surface area contributed by atoms with Gasteiger partial charge in [0.05, 0.1) is 12.3 Å². The second-order valence-corrected chi connectivity index (χ2v) is 6.24. The maximum Gasteiger partial charge on any atom is 0.254 e. The van der Waals surface area contributed by atoms with Gasteiger partial charge in [-0.25, -0.2) is 8.78 Å². The molecule has 1 aliphatic heterocycles. The number of halogens is 2. The van der Waals surface area contributed by atoms with E-state index in [1.807, 2.05) is 6.92 Å². The summed E-state index contributed by atoms with van der Waals surface area (Å²) in [4.78, 5) is 19.8. The predicted molar refractivity (Wildman–Crippen MR) is 95.0 cm³/mol. The van der Waals surface area contributed by atoms with Crippen LogP contribution in [0.5, 0.6) is 0 Å². The Hall–Kier alpha value is -2.76. The van der Waals surface area contributed by atoms with Gasteiger partial charge in [-0.2, -0.15) is 0 Å².